The summed E-state index contributed by atoms with van der Waals surface area (Å²) in [5.41, 5.74) is 5.99. The normalized spacial score (nSPS) is 30.3. The monoisotopic (exact) mass is 240 g/mol. The van der Waals surface area contributed by atoms with Gasteiger partial charge in [0.05, 0.1) is 5.54 Å². The third kappa shape index (κ3) is 2.52. The Morgan fingerprint density at radius 2 is 2.38 bits per heavy atom. The average Bonchev–Trinajstić information content (AvgIpc) is 2.64. The zero-order valence-electron chi connectivity index (χ0n) is 9.99. The van der Waals surface area contributed by atoms with Crippen molar-refractivity contribution in [1.82, 2.24) is 10.2 Å². The second-order valence-electron chi connectivity index (χ2n) is 4.94. The molecule has 0 radical (unpaired) electrons. The summed E-state index contributed by atoms with van der Waals surface area (Å²) in [6, 6.07) is 0. The molecule has 1 aliphatic carbocycles. The van der Waals surface area contributed by atoms with Crippen LogP contribution in [0.2, 0.25) is 0 Å². The number of aryl methyl sites for hydroxylation is 1. The molecule has 5 heteroatoms. The Morgan fingerprint density at radius 3 is 2.94 bits per heavy atom. The van der Waals surface area contributed by atoms with E-state index >= 15 is 0 Å². The van der Waals surface area contributed by atoms with Gasteiger partial charge in [-0.3, -0.25) is 0 Å². The Kier molecular flexibility index (Phi) is 3.44. The van der Waals surface area contributed by atoms with Crippen molar-refractivity contribution in [2.45, 2.75) is 45.1 Å². The van der Waals surface area contributed by atoms with Gasteiger partial charge in [0.25, 0.3) is 0 Å². The maximum atomic E-state index is 5.95. The number of anilines is 1. The molecule has 2 atom stereocenters. The van der Waals surface area contributed by atoms with Crippen molar-refractivity contribution in [3.63, 3.8) is 0 Å². The molecule has 1 saturated carbocycles. The van der Waals surface area contributed by atoms with Crippen LogP contribution in [0.3, 0.4) is 0 Å². The highest BCUT2D eigenvalue weighted by Gasteiger charge is 2.34. The topological polar surface area (TPSA) is 63.8 Å². The number of nitrogens with zero attached hydrogens (tertiary/aromatic N) is 2. The van der Waals surface area contributed by atoms with Crippen molar-refractivity contribution in [3.8, 4) is 0 Å². The molecule has 0 bridgehead atoms. The molecule has 90 valence electrons. The Bertz CT molecular complexity index is 352. The van der Waals surface area contributed by atoms with Crippen molar-refractivity contribution in [3.05, 3.63) is 5.01 Å². The van der Waals surface area contributed by atoms with Crippen molar-refractivity contribution < 1.29 is 0 Å². The van der Waals surface area contributed by atoms with E-state index in [1.165, 1.54) is 12.8 Å². The van der Waals surface area contributed by atoms with Gasteiger partial charge < -0.3 is 11.1 Å². The molecule has 1 fully saturated rings. The third-order valence-electron chi connectivity index (χ3n) is 3.38. The van der Waals surface area contributed by atoms with Crippen LogP contribution in [0.1, 0.15) is 37.6 Å². The molecule has 0 saturated heterocycles. The molecule has 1 heterocycles. The second kappa shape index (κ2) is 4.67. The first-order chi connectivity index (χ1) is 7.63. The van der Waals surface area contributed by atoms with Crippen LogP contribution >= 0.6 is 11.3 Å². The quantitative estimate of drug-likeness (QED) is 0.850. The van der Waals surface area contributed by atoms with E-state index in [0.29, 0.717) is 6.54 Å². The summed E-state index contributed by atoms with van der Waals surface area (Å²) in [6.07, 6.45) is 4.86. The summed E-state index contributed by atoms with van der Waals surface area (Å²) in [5, 5.41) is 13.6. The van der Waals surface area contributed by atoms with Crippen molar-refractivity contribution in [2.24, 2.45) is 11.7 Å². The molecule has 1 aromatic rings. The Balaban J connectivity index is 2.09. The molecule has 2 unspecified atom stereocenters. The molecule has 0 spiro atoms. The van der Waals surface area contributed by atoms with E-state index in [1.54, 1.807) is 11.3 Å². The fraction of sp³-hybridized carbons (Fsp3) is 0.818. The maximum Gasteiger partial charge on any atom is 0.206 e. The molecule has 0 amide bonds. The Labute approximate surface area is 101 Å². The highest BCUT2D eigenvalue weighted by atomic mass is 32.1. The Morgan fingerprint density at radius 1 is 1.56 bits per heavy atom. The smallest absolute Gasteiger partial charge is 0.206 e. The summed E-state index contributed by atoms with van der Waals surface area (Å²) in [4.78, 5) is 0. The minimum Gasteiger partial charge on any atom is -0.353 e. The minimum absolute atomic E-state index is 0.0453. The van der Waals surface area contributed by atoms with Crippen LogP contribution in [-0.4, -0.2) is 22.3 Å². The lowest BCUT2D eigenvalue weighted by Crippen LogP contribution is -2.48. The Hall–Kier alpha value is -0.680. The predicted molar refractivity (Wildman–Crippen MR) is 67.7 cm³/mol. The SMILES string of the molecule is Cc1nnc(NC2(CN)CCCC(C)C2)s1. The van der Waals surface area contributed by atoms with Gasteiger partial charge in [0.1, 0.15) is 5.01 Å². The number of rotatable bonds is 3. The van der Waals surface area contributed by atoms with Gasteiger partial charge in [0.2, 0.25) is 5.13 Å². The van der Waals surface area contributed by atoms with E-state index in [4.69, 9.17) is 5.73 Å². The fourth-order valence-corrected chi connectivity index (χ4v) is 3.29. The lowest BCUT2D eigenvalue weighted by molar-refractivity contribution is 0.264. The van der Waals surface area contributed by atoms with E-state index in [9.17, 15) is 0 Å². The summed E-state index contributed by atoms with van der Waals surface area (Å²) >= 11 is 1.61. The molecule has 2 rings (SSSR count). The van der Waals surface area contributed by atoms with Crippen LogP contribution in [0, 0.1) is 12.8 Å². The molecule has 4 nitrogen and oxygen atoms in total. The van der Waals surface area contributed by atoms with Crippen LogP contribution in [-0.2, 0) is 0 Å². The van der Waals surface area contributed by atoms with E-state index in [0.717, 1.165) is 28.9 Å². The molecule has 0 aliphatic heterocycles. The summed E-state index contributed by atoms with van der Waals surface area (Å²) in [5.74, 6) is 0.749. The maximum absolute atomic E-state index is 5.95. The molecule has 1 aromatic heterocycles. The number of hydrogen-bond donors (Lipinski definition) is 2. The van der Waals surface area contributed by atoms with Crippen molar-refractivity contribution >= 4 is 16.5 Å². The van der Waals surface area contributed by atoms with Gasteiger partial charge in [0, 0.05) is 6.54 Å². The largest absolute Gasteiger partial charge is 0.353 e. The van der Waals surface area contributed by atoms with Gasteiger partial charge in [0.15, 0.2) is 0 Å². The van der Waals surface area contributed by atoms with Crippen molar-refractivity contribution in [1.29, 1.82) is 0 Å². The van der Waals surface area contributed by atoms with Crippen LogP contribution in [0.5, 0.6) is 0 Å². The highest BCUT2D eigenvalue weighted by Crippen LogP contribution is 2.34. The number of nitrogens with one attached hydrogen (secondary N) is 1. The van der Waals surface area contributed by atoms with E-state index in [1.807, 2.05) is 6.92 Å². The van der Waals surface area contributed by atoms with E-state index in [-0.39, 0.29) is 5.54 Å². The van der Waals surface area contributed by atoms with E-state index in [2.05, 4.69) is 22.4 Å². The number of aromatic nitrogens is 2. The van der Waals surface area contributed by atoms with Crippen LogP contribution in [0.4, 0.5) is 5.13 Å². The van der Waals surface area contributed by atoms with Crippen LogP contribution in [0.15, 0.2) is 0 Å². The summed E-state index contributed by atoms with van der Waals surface area (Å²) in [7, 11) is 0. The van der Waals surface area contributed by atoms with Gasteiger partial charge in [-0.15, -0.1) is 10.2 Å². The lowest BCUT2D eigenvalue weighted by atomic mass is 9.76. The molecular formula is C11H20N4S. The van der Waals surface area contributed by atoms with Gasteiger partial charge in [-0.1, -0.05) is 31.1 Å². The molecular weight excluding hydrogens is 220 g/mol. The lowest BCUT2D eigenvalue weighted by Gasteiger charge is -2.39. The first-order valence-corrected chi connectivity index (χ1v) is 6.73. The first-order valence-electron chi connectivity index (χ1n) is 5.92. The fourth-order valence-electron chi connectivity index (χ4n) is 2.58. The zero-order chi connectivity index (χ0) is 11.6. The van der Waals surface area contributed by atoms with Gasteiger partial charge in [-0.2, -0.15) is 0 Å². The molecule has 3 N–H and O–H groups in total. The highest BCUT2D eigenvalue weighted by molar-refractivity contribution is 7.15. The average molecular weight is 240 g/mol. The standard InChI is InChI=1S/C11H20N4S/c1-8-4-3-5-11(6-8,7-12)13-10-15-14-9(2)16-10/h8H,3-7,12H2,1-2H3,(H,13,15). The first kappa shape index (κ1) is 11.8. The van der Waals surface area contributed by atoms with Gasteiger partial charge >= 0.3 is 0 Å². The summed E-state index contributed by atoms with van der Waals surface area (Å²) in [6.45, 7) is 4.95. The van der Waals surface area contributed by atoms with Gasteiger partial charge in [-0.05, 0) is 25.7 Å². The van der Waals surface area contributed by atoms with Crippen LogP contribution in [0.25, 0.3) is 0 Å². The van der Waals surface area contributed by atoms with Crippen molar-refractivity contribution in [2.75, 3.05) is 11.9 Å². The van der Waals surface area contributed by atoms with Gasteiger partial charge in [-0.25, -0.2) is 0 Å². The van der Waals surface area contributed by atoms with E-state index < -0.39 is 0 Å². The molecule has 1 aliphatic rings. The second-order valence-corrected chi connectivity index (χ2v) is 6.12. The predicted octanol–water partition coefficient (Wildman–Crippen LogP) is 2.17. The number of hydrogen-bond acceptors (Lipinski definition) is 5. The van der Waals surface area contributed by atoms with Crippen LogP contribution < -0.4 is 11.1 Å². The molecule has 0 aromatic carbocycles. The summed E-state index contributed by atoms with van der Waals surface area (Å²) < 4.78 is 0. The number of nitrogens with two attached hydrogens (primary N) is 1. The minimum atomic E-state index is 0.0453. The molecule has 16 heavy (non-hydrogen) atoms. The zero-order valence-corrected chi connectivity index (χ0v) is 10.8. The third-order valence-corrected chi connectivity index (χ3v) is 4.13.